The number of rotatable bonds is 7. The molecule has 0 aliphatic carbocycles. The zero-order valence-corrected chi connectivity index (χ0v) is 17.8. The standard InChI is InChI=1S/C23H28N2O4/c1-7-9-17-12-18(13-20(28-5)22(17)29-6)23(27)25(4)14-21(26)24-19-11-8-10-15(2)16(19)3/h7-13H,14H2,1-6H3,(H,24,26). The van der Waals surface area contributed by atoms with E-state index in [1.54, 1.807) is 26.3 Å². The van der Waals surface area contributed by atoms with Crippen molar-refractivity contribution in [2.75, 3.05) is 33.1 Å². The normalized spacial score (nSPS) is 10.7. The highest BCUT2D eigenvalue weighted by Crippen LogP contribution is 2.34. The molecule has 2 amide bonds. The number of hydrogen-bond acceptors (Lipinski definition) is 4. The van der Waals surface area contributed by atoms with Crippen molar-refractivity contribution in [1.29, 1.82) is 0 Å². The first-order valence-corrected chi connectivity index (χ1v) is 9.32. The van der Waals surface area contributed by atoms with Crippen LogP contribution < -0.4 is 14.8 Å². The molecule has 0 aliphatic rings. The maximum Gasteiger partial charge on any atom is 0.254 e. The summed E-state index contributed by atoms with van der Waals surface area (Å²) in [6, 6.07) is 9.06. The van der Waals surface area contributed by atoms with Gasteiger partial charge in [-0.05, 0) is 50.1 Å². The minimum Gasteiger partial charge on any atom is -0.493 e. The number of nitrogens with one attached hydrogen (secondary N) is 1. The minimum absolute atomic E-state index is 0.0699. The van der Waals surface area contributed by atoms with Gasteiger partial charge < -0.3 is 19.7 Å². The SMILES string of the molecule is CC=Cc1cc(C(=O)N(C)CC(=O)Nc2cccc(C)c2C)cc(OC)c1OC. The molecule has 154 valence electrons. The first-order chi connectivity index (χ1) is 13.8. The van der Waals surface area contributed by atoms with E-state index in [-0.39, 0.29) is 18.4 Å². The molecular formula is C23H28N2O4. The highest BCUT2D eigenvalue weighted by Gasteiger charge is 2.19. The number of methoxy groups -OCH3 is 2. The number of nitrogens with zero attached hydrogens (tertiary/aromatic N) is 1. The summed E-state index contributed by atoms with van der Waals surface area (Å²) in [5, 5.41) is 2.87. The molecule has 0 aliphatic heterocycles. The molecule has 29 heavy (non-hydrogen) atoms. The van der Waals surface area contributed by atoms with Crippen molar-refractivity contribution in [2.24, 2.45) is 0 Å². The van der Waals surface area contributed by atoms with Gasteiger partial charge in [-0.1, -0.05) is 24.3 Å². The second kappa shape index (κ2) is 9.78. The van der Waals surface area contributed by atoms with Gasteiger partial charge in [0.15, 0.2) is 11.5 Å². The molecule has 6 heteroatoms. The van der Waals surface area contributed by atoms with Crippen molar-refractivity contribution >= 4 is 23.6 Å². The van der Waals surface area contributed by atoms with E-state index in [1.165, 1.54) is 12.0 Å². The molecule has 2 rings (SSSR count). The number of anilines is 1. The summed E-state index contributed by atoms with van der Waals surface area (Å²) in [7, 11) is 4.67. The number of carbonyl (C=O) groups is 2. The van der Waals surface area contributed by atoms with Gasteiger partial charge in [0.25, 0.3) is 5.91 Å². The van der Waals surface area contributed by atoms with E-state index in [9.17, 15) is 9.59 Å². The van der Waals surface area contributed by atoms with Crippen LogP contribution in [0.1, 0.15) is 34.0 Å². The predicted molar refractivity (Wildman–Crippen MR) is 116 cm³/mol. The number of carbonyl (C=O) groups excluding carboxylic acids is 2. The van der Waals surface area contributed by atoms with Gasteiger partial charge in [-0.2, -0.15) is 0 Å². The third-order valence-corrected chi connectivity index (χ3v) is 4.71. The maximum absolute atomic E-state index is 12.9. The van der Waals surface area contributed by atoms with Crippen LogP contribution in [0.3, 0.4) is 0 Å². The van der Waals surface area contributed by atoms with Gasteiger partial charge in [-0.3, -0.25) is 9.59 Å². The maximum atomic E-state index is 12.9. The van der Waals surface area contributed by atoms with Crippen LogP contribution in [-0.2, 0) is 4.79 Å². The number of hydrogen-bond donors (Lipinski definition) is 1. The lowest BCUT2D eigenvalue weighted by atomic mass is 10.1. The lowest BCUT2D eigenvalue weighted by molar-refractivity contribution is -0.116. The molecule has 0 fully saturated rings. The Balaban J connectivity index is 2.20. The van der Waals surface area contributed by atoms with E-state index in [1.807, 2.05) is 51.1 Å². The van der Waals surface area contributed by atoms with Crippen molar-refractivity contribution < 1.29 is 19.1 Å². The summed E-state index contributed by atoms with van der Waals surface area (Å²) >= 11 is 0. The van der Waals surface area contributed by atoms with Crippen LogP contribution >= 0.6 is 0 Å². The summed E-state index contributed by atoms with van der Waals surface area (Å²) in [4.78, 5) is 26.7. The van der Waals surface area contributed by atoms with Gasteiger partial charge in [0.05, 0.1) is 20.8 Å². The first-order valence-electron chi connectivity index (χ1n) is 9.32. The van der Waals surface area contributed by atoms with Crippen LogP contribution in [0, 0.1) is 13.8 Å². The van der Waals surface area contributed by atoms with Gasteiger partial charge in [-0.15, -0.1) is 0 Å². The average molecular weight is 396 g/mol. The molecule has 0 radical (unpaired) electrons. The average Bonchev–Trinajstić information content (AvgIpc) is 2.70. The summed E-state index contributed by atoms with van der Waals surface area (Å²) < 4.78 is 10.8. The van der Waals surface area contributed by atoms with Crippen molar-refractivity contribution in [3.63, 3.8) is 0 Å². The molecule has 0 unspecified atom stereocenters. The van der Waals surface area contributed by atoms with Crippen LogP contribution in [0.15, 0.2) is 36.4 Å². The Morgan fingerprint density at radius 1 is 1.14 bits per heavy atom. The van der Waals surface area contributed by atoms with Crippen molar-refractivity contribution in [2.45, 2.75) is 20.8 Å². The second-order valence-corrected chi connectivity index (χ2v) is 6.76. The minimum atomic E-state index is -0.284. The molecule has 0 saturated carbocycles. The topological polar surface area (TPSA) is 67.9 Å². The monoisotopic (exact) mass is 396 g/mol. The Hall–Kier alpha value is -3.28. The van der Waals surface area contributed by atoms with Gasteiger partial charge in [0, 0.05) is 23.9 Å². The molecule has 0 atom stereocenters. The Bertz CT molecular complexity index is 935. The highest BCUT2D eigenvalue weighted by molar-refractivity contribution is 6.00. The molecule has 0 heterocycles. The summed E-state index contributed by atoms with van der Waals surface area (Å²) in [5.74, 6) is 0.466. The van der Waals surface area contributed by atoms with Crippen molar-refractivity contribution in [3.8, 4) is 11.5 Å². The molecule has 0 spiro atoms. The fourth-order valence-corrected chi connectivity index (χ4v) is 3.00. The third-order valence-electron chi connectivity index (χ3n) is 4.71. The van der Waals surface area contributed by atoms with Gasteiger partial charge >= 0.3 is 0 Å². The second-order valence-electron chi connectivity index (χ2n) is 6.76. The first kappa shape index (κ1) is 22.0. The van der Waals surface area contributed by atoms with Crippen molar-refractivity contribution in [1.82, 2.24) is 4.90 Å². The fourth-order valence-electron chi connectivity index (χ4n) is 3.00. The van der Waals surface area contributed by atoms with E-state index >= 15 is 0 Å². The molecule has 1 N–H and O–H groups in total. The summed E-state index contributed by atoms with van der Waals surface area (Å²) in [5.41, 5.74) is 3.99. The largest absolute Gasteiger partial charge is 0.493 e. The molecular weight excluding hydrogens is 368 g/mol. The van der Waals surface area contributed by atoms with Crippen LogP contribution in [-0.4, -0.2) is 44.5 Å². The number of aryl methyl sites for hydroxylation is 1. The third kappa shape index (κ3) is 5.16. The molecule has 6 nitrogen and oxygen atoms in total. The molecule has 0 aromatic heterocycles. The Morgan fingerprint density at radius 2 is 1.86 bits per heavy atom. The van der Waals surface area contributed by atoms with E-state index in [0.29, 0.717) is 17.1 Å². The van der Waals surface area contributed by atoms with Gasteiger partial charge in [0.1, 0.15) is 0 Å². The summed E-state index contributed by atoms with van der Waals surface area (Å²) in [6.07, 6.45) is 3.69. The Labute approximate surface area is 172 Å². The Kier molecular flexibility index (Phi) is 7.42. The molecule has 0 saturated heterocycles. The van der Waals surface area contributed by atoms with Crippen LogP contribution in [0.4, 0.5) is 5.69 Å². The van der Waals surface area contributed by atoms with E-state index in [2.05, 4.69) is 5.32 Å². The van der Waals surface area contributed by atoms with Gasteiger partial charge in [-0.25, -0.2) is 0 Å². The number of benzene rings is 2. The van der Waals surface area contributed by atoms with E-state index < -0.39 is 0 Å². The van der Waals surface area contributed by atoms with Gasteiger partial charge in [0.2, 0.25) is 5.91 Å². The van der Waals surface area contributed by atoms with Crippen molar-refractivity contribution in [3.05, 3.63) is 58.7 Å². The lowest BCUT2D eigenvalue weighted by Crippen LogP contribution is -2.35. The van der Waals surface area contributed by atoms with Crippen LogP contribution in [0.25, 0.3) is 6.08 Å². The number of allylic oxidation sites excluding steroid dienone is 1. The molecule has 2 aromatic carbocycles. The molecule has 2 aromatic rings. The molecule has 0 bridgehead atoms. The van der Waals surface area contributed by atoms with E-state index in [4.69, 9.17) is 9.47 Å². The number of amides is 2. The zero-order chi connectivity index (χ0) is 21.6. The predicted octanol–water partition coefficient (Wildman–Crippen LogP) is 4.06. The summed E-state index contributed by atoms with van der Waals surface area (Å²) in [6.45, 7) is 5.75. The van der Waals surface area contributed by atoms with Crippen LogP contribution in [0.5, 0.6) is 11.5 Å². The number of ether oxygens (including phenoxy) is 2. The van der Waals surface area contributed by atoms with E-state index in [0.717, 1.165) is 22.4 Å². The quantitative estimate of drug-likeness (QED) is 0.766. The lowest BCUT2D eigenvalue weighted by Gasteiger charge is -2.19. The smallest absolute Gasteiger partial charge is 0.254 e. The van der Waals surface area contributed by atoms with Crippen LogP contribution in [0.2, 0.25) is 0 Å². The Morgan fingerprint density at radius 3 is 2.48 bits per heavy atom. The highest BCUT2D eigenvalue weighted by atomic mass is 16.5. The number of likely N-dealkylation sites (N-methyl/N-ethyl adjacent to an activating group) is 1. The fraction of sp³-hybridized carbons (Fsp3) is 0.304. The zero-order valence-electron chi connectivity index (χ0n) is 17.8.